The Kier molecular flexibility index (Phi) is 6.45. The van der Waals surface area contributed by atoms with Crippen molar-refractivity contribution in [2.75, 3.05) is 13.1 Å². The highest BCUT2D eigenvalue weighted by Crippen LogP contribution is 2.12. The van der Waals surface area contributed by atoms with Crippen molar-refractivity contribution in [3.63, 3.8) is 0 Å². The second-order valence-electron chi connectivity index (χ2n) is 4.61. The molecule has 1 aliphatic heterocycles. The van der Waals surface area contributed by atoms with E-state index >= 15 is 0 Å². The van der Waals surface area contributed by atoms with Crippen molar-refractivity contribution in [1.82, 2.24) is 4.90 Å². The summed E-state index contributed by atoms with van der Waals surface area (Å²) in [6.07, 6.45) is 11.0. The molecule has 2 heteroatoms. The molecule has 1 fully saturated rings. The lowest BCUT2D eigenvalue weighted by molar-refractivity contribution is -0.133. The fraction of sp³-hybridized carbons (Fsp3) is 0.923. The number of rotatable bonds is 7. The lowest BCUT2D eigenvalue weighted by atomic mass is 10.1. The molecule has 0 aromatic carbocycles. The first-order chi connectivity index (χ1) is 7.34. The molecule has 0 radical (unpaired) electrons. The smallest absolute Gasteiger partial charge is 0.222 e. The number of likely N-dealkylation sites (tertiary alicyclic amines) is 1. The number of hydrogen-bond donors (Lipinski definition) is 0. The van der Waals surface area contributed by atoms with Crippen molar-refractivity contribution in [3.05, 3.63) is 0 Å². The molecule has 88 valence electrons. The van der Waals surface area contributed by atoms with Gasteiger partial charge < -0.3 is 4.90 Å². The minimum Gasteiger partial charge on any atom is -0.343 e. The molecule has 2 nitrogen and oxygen atoms in total. The number of nitrogens with zero attached hydrogens (tertiary/aromatic N) is 1. The molecule has 1 rings (SSSR count). The Labute approximate surface area is 94.0 Å². The number of carbonyl (C=O) groups excluding carboxylic acids is 1. The monoisotopic (exact) mass is 211 g/mol. The van der Waals surface area contributed by atoms with Gasteiger partial charge in [0.2, 0.25) is 5.91 Å². The quantitative estimate of drug-likeness (QED) is 0.591. The van der Waals surface area contributed by atoms with E-state index in [-0.39, 0.29) is 0 Å². The third-order valence-corrected chi connectivity index (χ3v) is 3.20. The summed E-state index contributed by atoms with van der Waals surface area (Å²) in [5.41, 5.74) is 0. The Bertz CT molecular complexity index is 179. The number of piperidine rings is 1. The van der Waals surface area contributed by atoms with Gasteiger partial charge in [0.1, 0.15) is 0 Å². The Morgan fingerprint density at radius 3 is 2.53 bits per heavy atom. The molecule has 0 unspecified atom stereocenters. The lowest BCUT2D eigenvalue weighted by Crippen LogP contribution is -2.35. The third kappa shape index (κ3) is 5.19. The van der Waals surface area contributed by atoms with Crippen LogP contribution < -0.4 is 0 Å². The predicted octanol–water partition coefficient (Wildman–Crippen LogP) is 3.36. The fourth-order valence-electron chi connectivity index (χ4n) is 2.18. The predicted molar refractivity (Wildman–Crippen MR) is 63.8 cm³/mol. The van der Waals surface area contributed by atoms with E-state index in [1.807, 2.05) is 0 Å². The highest BCUT2D eigenvalue weighted by Gasteiger charge is 2.16. The van der Waals surface area contributed by atoms with Crippen LogP contribution in [-0.2, 0) is 4.79 Å². The summed E-state index contributed by atoms with van der Waals surface area (Å²) < 4.78 is 0. The SMILES string of the molecule is CCCCCCCCN1CCCCC1=O. The van der Waals surface area contributed by atoms with Gasteiger partial charge in [-0.25, -0.2) is 0 Å². The van der Waals surface area contributed by atoms with Crippen LogP contribution in [-0.4, -0.2) is 23.9 Å². The van der Waals surface area contributed by atoms with Gasteiger partial charge in [-0.05, 0) is 19.3 Å². The van der Waals surface area contributed by atoms with Gasteiger partial charge in [-0.2, -0.15) is 0 Å². The van der Waals surface area contributed by atoms with Crippen LogP contribution in [0.4, 0.5) is 0 Å². The molecule has 0 aromatic heterocycles. The first-order valence-electron chi connectivity index (χ1n) is 6.62. The summed E-state index contributed by atoms with van der Waals surface area (Å²) in [5, 5.41) is 0. The average Bonchev–Trinajstić information content (AvgIpc) is 2.25. The molecule has 1 amide bonds. The maximum absolute atomic E-state index is 11.5. The summed E-state index contributed by atoms with van der Waals surface area (Å²) >= 11 is 0. The van der Waals surface area contributed by atoms with Crippen molar-refractivity contribution in [1.29, 1.82) is 0 Å². The zero-order valence-corrected chi connectivity index (χ0v) is 10.1. The van der Waals surface area contributed by atoms with E-state index in [0.29, 0.717) is 5.91 Å². The van der Waals surface area contributed by atoms with Gasteiger partial charge in [0, 0.05) is 19.5 Å². The van der Waals surface area contributed by atoms with Crippen LogP contribution in [0.25, 0.3) is 0 Å². The second-order valence-corrected chi connectivity index (χ2v) is 4.61. The van der Waals surface area contributed by atoms with E-state index in [0.717, 1.165) is 25.9 Å². The third-order valence-electron chi connectivity index (χ3n) is 3.20. The van der Waals surface area contributed by atoms with Gasteiger partial charge >= 0.3 is 0 Å². The molecule has 15 heavy (non-hydrogen) atoms. The summed E-state index contributed by atoms with van der Waals surface area (Å²) in [5.74, 6) is 0.384. The van der Waals surface area contributed by atoms with Gasteiger partial charge in [0.25, 0.3) is 0 Å². The molecule has 1 aliphatic rings. The fourth-order valence-corrected chi connectivity index (χ4v) is 2.18. The van der Waals surface area contributed by atoms with Crippen molar-refractivity contribution >= 4 is 5.91 Å². The summed E-state index contributed by atoms with van der Waals surface area (Å²) in [6.45, 7) is 4.26. The molecule has 0 atom stereocenters. The number of carbonyl (C=O) groups is 1. The molecule has 0 bridgehead atoms. The van der Waals surface area contributed by atoms with Crippen LogP contribution in [0.2, 0.25) is 0 Å². The largest absolute Gasteiger partial charge is 0.343 e. The number of amides is 1. The molecule has 1 saturated heterocycles. The Balaban J connectivity index is 1.96. The van der Waals surface area contributed by atoms with Crippen molar-refractivity contribution in [2.24, 2.45) is 0 Å². The molecule has 0 aliphatic carbocycles. The van der Waals surface area contributed by atoms with E-state index in [1.165, 1.54) is 44.9 Å². The van der Waals surface area contributed by atoms with Crippen LogP contribution in [0.3, 0.4) is 0 Å². The van der Waals surface area contributed by atoms with Gasteiger partial charge in [0.05, 0.1) is 0 Å². The van der Waals surface area contributed by atoms with Crippen molar-refractivity contribution < 1.29 is 4.79 Å². The maximum atomic E-state index is 11.5. The first-order valence-corrected chi connectivity index (χ1v) is 6.62. The molecule has 1 heterocycles. The zero-order chi connectivity index (χ0) is 10.9. The van der Waals surface area contributed by atoms with Gasteiger partial charge in [-0.1, -0.05) is 39.0 Å². The lowest BCUT2D eigenvalue weighted by Gasteiger charge is -2.26. The molecule has 0 spiro atoms. The average molecular weight is 211 g/mol. The molecule has 0 aromatic rings. The molecule has 0 saturated carbocycles. The van der Waals surface area contributed by atoms with Crippen LogP contribution in [0, 0.1) is 0 Å². The summed E-state index contributed by atoms with van der Waals surface area (Å²) in [7, 11) is 0. The van der Waals surface area contributed by atoms with Crippen LogP contribution in [0.5, 0.6) is 0 Å². The van der Waals surface area contributed by atoms with E-state index < -0.39 is 0 Å². The highest BCUT2D eigenvalue weighted by molar-refractivity contribution is 5.76. The first kappa shape index (κ1) is 12.5. The van der Waals surface area contributed by atoms with Crippen LogP contribution in [0.15, 0.2) is 0 Å². The Morgan fingerprint density at radius 2 is 1.80 bits per heavy atom. The molecular weight excluding hydrogens is 186 g/mol. The molecule has 0 N–H and O–H groups in total. The Morgan fingerprint density at radius 1 is 1.07 bits per heavy atom. The van der Waals surface area contributed by atoms with Gasteiger partial charge in [0.15, 0.2) is 0 Å². The highest BCUT2D eigenvalue weighted by atomic mass is 16.2. The van der Waals surface area contributed by atoms with Crippen LogP contribution >= 0.6 is 0 Å². The minimum absolute atomic E-state index is 0.384. The minimum atomic E-state index is 0.384. The standard InChI is InChI=1S/C13H25NO/c1-2-3-4-5-6-8-11-14-12-9-7-10-13(14)15/h2-12H2,1H3. The van der Waals surface area contributed by atoms with Crippen molar-refractivity contribution in [3.8, 4) is 0 Å². The van der Waals surface area contributed by atoms with E-state index in [4.69, 9.17) is 0 Å². The van der Waals surface area contributed by atoms with Crippen LogP contribution in [0.1, 0.15) is 64.7 Å². The number of unbranched alkanes of at least 4 members (excludes halogenated alkanes) is 5. The van der Waals surface area contributed by atoms with Gasteiger partial charge in [-0.3, -0.25) is 4.79 Å². The van der Waals surface area contributed by atoms with E-state index in [2.05, 4.69) is 11.8 Å². The normalized spacial score (nSPS) is 17.1. The summed E-state index contributed by atoms with van der Waals surface area (Å²) in [6, 6.07) is 0. The summed E-state index contributed by atoms with van der Waals surface area (Å²) in [4.78, 5) is 13.5. The maximum Gasteiger partial charge on any atom is 0.222 e. The van der Waals surface area contributed by atoms with E-state index in [9.17, 15) is 4.79 Å². The second kappa shape index (κ2) is 7.72. The number of hydrogen-bond acceptors (Lipinski definition) is 1. The molecular formula is C13H25NO. The zero-order valence-electron chi connectivity index (χ0n) is 10.1. The van der Waals surface area contributed by atoms with Crippen molar-refractivity contribution in [2.45, 2.75) is 64.7 Å². The topological polar surface area (TPSA) is 20.3 Å². The van der Waals surface area contributed by atoms with E-state index in [1.54, 1.807) is 0 Å². The Hall–Kier alpha value is -0.530. The van der Waals surface area contributed by atoms with Gasteiger partial charge in [-0.15, -0.1) is 0 Å².